The molecule has 0 aliphatic rings. The van der Waals surface area contributed by atoms with Crippen molar-refractivity contribution in [2.45, 2.75) is 39.7 Å². The molecule has 0 bridgehead atoms. The lowest BCUT2D eigenvalue weighted by Crippen LogP contribution is -2.38. The SMILES string of the molecule is CCCNC(COCCCOCCOC)C(C)C. The van der Waals surface area contributed by atoms with E-state index in [1.54, 1.807) is 7.11 Å². The highest BCUT2D eigenvalue weighted by atomic mass is 16.5. The Hall–Kier alpha value is -0.160. The maximum atomic E-state index is 5.69. The summed E-state index contributed by atoms with van der Waals surface area (Å²) in [6, 6.07) is 0.458. The molecule has 4 heteroatoms. The van der Waals surface area contributed by atoms with Crippen LogP contribution >= 0.6 is 0 Å². The highest BCUT2D eigenvalue weighted by molar-refractivity contribution is 4.69. The molecule has 1 unspecified atom stereocenters. The standard InChI is InChI=1S/C14H31NO3/c1-5-7-15-14(13(2)3)12-18-9-6-8-17-11-10-16-4/h13-15H,5-12H2,1-4H3. The van der Waals surface area contributed by atoms with Crippen LogP contribution in [0.2, 0.25) is 0 Å². The lowest BCUT2D eigenvalue weighted by Gasteiger charge is -2.22. The largest absolute Gasteiger partial charge is 0.382 e. The van der Waals surface area contributed by atoms with Crippen LogP contribution in [0.5, 0.6) is 0 Å². The molecule has 0 aliphatic carbocycles. The van der Waals surface area contributed by atoms with E-state index in [4.69, 9.17) is 14.2 Å². The van der Waals surface area contributed by atoms with Gasteiger partial charge in [0.05, 0.1) is 19.8 Å². The summed E-state index contributed by atoms with van der Waals surface area (Å²) in [7, 11) is 1.68. The van der Waals surface area contributed by atoms with Gasteiger partial charge in [-0.1, -0.05) is 20.8 Å². The normalized spacial score (nSPS) is 13.2. The summed E-state index contributed by atoms with van der Waals surface area (Å²) in [5.74, 6) is 0.606. The maximum absolute atomic E-state index is 5.69. The molecule has 1 atom stereocenters. The minimum atomic E-state index is 0.458. The number of methoxy groups -OCH3 is 1. The lowest BCUT2D eigenvalue weighted by molar-refractivity contribution is 0.0447. The average molecular weight is 261 g/mol. The van der Waals surface area contributed by atoms with Crippen molar-refractivity contribution in [1.82, 2.24) is 5.32 Å². The van der Waals surface area contributed by atoms with Gasteiger partial charge < -0.3 is 19.5 Å². The predicted octanol–water partition coefficient (Wildman–Crippen LogP) is 2.08. The van der Waals surface area contributed by atoms with Crippen molar-refractivity contribution in [2.75, 3.05) is 46.7 Å². The molecule has 110 valence electrons. The van der Waals surface area contributed by atoms with E-state index in [2.05, 4.69) is 26.1 Å². The fraction of sp³-hybridized carbons (Fsp3) is 1.00. The molecule has 0 amide bonds. The molecule has 1 N–H and O–H groups in total. The Kier molecular flexibility index (Phi) is 13.2. The Morgan fingerprint density at radius 3 is 2.33 bits per heavy atom. The topological polar surface area (TPSA) is 39.7 Å². The van der Waals surface area contributed by atoms with Crippen LogP contribution in [-0.2, 0) is 14.2 Å². The van der Waals surface area contributed by atoms with Gasteiger partial charge in [0.15, 0.2) is 0 Å². The van der Waals surface area contributed by atoms with Crippen LogP contribution in [0.15, 0.2) is 0 Å². The molecule has 0 aromatic carbocycles. The van der Waals surface area contributed by atoms with Crippen molar-refractivity contribution in [3.05, 3.63) is 0 Å². The minimum Gasteiger partial charge on any atom is -0.382 e. The van der Waals surface area contributed by atoms with Gasteiger partial charge in [-0.25, -0.2) is 0 Å². The van der Waals surface area contributed by atoms with Crippen LogP contribution in [0.4, 0.5) is 0 Å². The molecule has 0 saturated carbocycles. The van der Waals surface area contributed by atoms with Gasteiger partial charge in [-0.3, -0.25) is 0 Å². The molecule has 0 spiro atoms. The molecule has 0 aliphatic heterocycles. The first kappa shape index (κ1) is 17.8. The molecule has 0 rings (SSSR count). The van der Waals surface area contributed by atoms with Crippen LogP contribution in [0.1, 0.15) is 33.6 Å². The average Bonchev–Trinajstić information content (AvgIpc) is 2.35. The first-order valence-electron chi connectivity index (χ1n) is 7.10. The number of rotatable bonds is 13. The minimum absolute atomic E-state index is 0.458. The second kappa shape index (κ2) is 13.3. The van der Waals surface area contributed by atoms with Gasteiger partial charge in [0.2, 0.25) is 0 Å². The Morgan fingerprint density at radius 2 is 1.72 bits per heavy atom. The summed E-state index contributed by atoms with van der Waals surface area (Å²) in [4.78, 5) is 0. The Bertz CT molecular complexity index is 165. The third-order valence-electron chi connectivity index (χ3n) is 2.77. The molecule has 0 aromatic heterocycles. The van der Waals surface area contributed by atoms with Crippen molar-refractivity contribution < 1.29 is 14.2 Å². The van der Waals surface area contributed by atoms with E-state index in [-0.39, 0.29) is 0 Å². The number of nitrogens with one attached hydrogen (secondary N) is 1. The lowest BCUT2D eigenvalue weighted by atomic mass is 10.1. The monoisotopic (exact) mass is 261 g/mol. The first-order valence-corrected chi connectivity index (χ1v) is 7.10. The number of ether oxygens (including phenoxy) is 3. The molecule has 0 aromatic rings. The highest BCUT2D eigenvalue weighted by Crippen LogP contribution is 2.02. The van der Waals surface area contributed by atoms with E-state index >= 15 is 0 Å². The quantitative estimate of drug-likeness (QED) is 0.515. The molecule has 0 heterocycles. The van der Waals surface area contributed by atoms with E-state index in [0.717, 1.165) is 39.2 Å². The number of hydrogen-bond acceptors (Lipinski definition) is 4. The summed E-state index contributed by atoms with van der Waals surface area (Å²) >= 11 is 0. The van der Waals surface area contributed by atoms with Crippen LogP contribution in [0.3, 0.4) is 0 Å². The van der Waals surface area contributed by atoms with Gasteiger partial charge >= 0.3 is 0 Å². The Labute approximate surface area is 112 Å². The van der Waals surface area contributed by atoms with E-state index in [1.807, 2.05) is 0 Å². The van der Waals surface area contributed by atoms with Gasteiger partial charge in [0.1, 0.15) is 0 Å². The zero-order valence-corrected chi connectivity index (χ0v) is 12.5. The van der Waals surface area contributed by atoms with Crippen LogP contribution in [0, 0.1) is 5.92 Å². The molecular formula is C14H31NO3. The fourth-order valence-electron chi connectivity index (χ4n) is 1.53. The van der Waals surface area contributed by atoms with E-state index in [1.165, 1.54) is 0 Å². The summed E-state index contributed by atoms with van der Waals surface area (Å²) in [6.07, 6.45) is 2.11. The zero-order chi connectivity index (χ0) is 13.6. The smallest absolute Gasteiger partial charge is 0.0700 e. The first-order chi connectivity index (χ1) is 8.72. The summed E-state index contributed by atoms with van der Waals surface area (Å²) in [6.45, 7) is 11.3. The van der Waals surface area contributed by atoms with Gasteiger partial charge in [-0.15, -0.1) is 0 Å². The van der Waals surface area contributed by atoms with Crippen molar-refractivity contribution in [3.8, 4) is 0 Å². The van der Waals surface area contributed by atoms with Gasteiger partial charge in [-0.2, -0.15) is 0 Å². The van der Waals surface area contributed by atoms with Crippen molar-refractivity contribution in [2.24, 2.45) is 5.92 Å². The van der Waals surface area contributed by atoms with Crippen LogP contribution in [0.25, 0.3) is 0 Å². The van der Waals surface area contributed by atoms with Gasteiger partial charge in [0.25, 0.3) is 0 Å². The molecule has 4 nitrogen and oxygen atoms in total. The van der Waals surface area contributed by atoms with E-state index < -0.39 is 0 Å². The summed E-state index contributed by atoms with van der Waals surface area (Å²) in [5.41, 5.74) is 0. The van der Waals surface area contributed by atoms with E-state index in [9.17, 15) is 0 Å². The van der Waals surface area contributed by atoms with Crippen molar-refractivity contribution in [3.63, 3.8) is 0 Å². The predicted molar refractivity (Wildman–Crippen MR) is 75.1 cm³/mol. The highest BCUT2D eigenvalue weighted by Gasteiger charge is 2.11. The van der Waals surface area contributed by atoms with Gasteiger partial charge in [0, 0.05) is 26.4 Å². The second-order valence-electron chi connectivity index (χ2n) is 4.84. The van der Waals surface area contributed by atoms with Crippen LogP contribution < -0.4 is 5.32 Å². The molecule has 0 fully saturated rings. The van der Waals surface area contributed by atoms with Crippen molar-refractivity contribution in [1.29, 1.82) is 0 Å². The molecule has 18 heavy (non-hydrogen) atoms. The summed E-state index contributed by atoms with van der Waals surface area (Å²) < 4.78 is 16.0. The Balaban J connectivity index is 3.37. The van der Waals surface area contributed by atoms with Crippen LogP contribution in [-0.4, -0.2) is 52.7 Å². The second-order valence-corrected chi connectivity index (χ2v) is 4.84. The third-order valence-corrected chi connectivity index (χ3v) is 2.77. The van der Waals surface area contributed by atoms with Gasteiger partial charge in [-0.05, 0) is 25.3 Å². The fourth-order valence-corrected chi connectivity index (χ4v) is 1.53. The molecule has 0 radical (unpaired) electrons. The molecular weight excluding hydrogens is 230 g/mol. The number of hydrogen-bond donors (Lipinski definition) is 1. The zero-order valence-electron chi connectivity index (χ0n) is 12.5. The summed E-state index contributed by atoms with van der Waals surface area (Å²) in [5, 5.41) is 3.51. The maximum Gasteiger partial charge on any atom is 0.0700 e. The molecule has 0 saturated heterocycles. The third kappa shape index (κ3) is 11.0. The van der Waals surface area contributed by atoms with Crippen molar-refractivity contribution >= 4 is 0 Å². The van der Waals surface area contributed by atoms with E-state index in [0.29, 0.717) is 25.2 Å². The Morgan fingerprint density at radius 1 is 1.00 bits per heavy atom.